The fourth-order valence-corrected chi connectivity index (χ4v) is 3.90. The zero-order valence-electron chi connectivity index (χ0n) is 17.5. The van der Waals surface area contributed by atoms with Crippen molar-refractivity contribution >= 4 is 27.8 Å². The zero-order chi connectivity index (χ0) is 22.7. The molecular weight excluding hydrogens is 426 g/mol. The van der Waals surface area contributed by atoms with Gasteiger partial charge < -0.3 is 0 Å². The average molecular weight is 448 g/mol. The number of aromatic nitrogens is 3. The van der Waals surface area contributed by atoms with Crippen LogP contribution in [-0.4, -0.2) is 29.1 Å². The molecule has 1 heterocycles. The van der Waals surface area contributed by atoms with Crippen molar-refractivity contribution in [3.8, 4) is 5.69 Å². The highest BCUT2D eigenvalue weighted by molar-refractivity contribution is 7.92. The summed E-state index contributed by atoms with van der Waals surface area (Å²) in [5.41, 5.74) is 3.03. The van der Waals surface area contributed by atoms with E-state index >= 15 is 0 Å². The third kappa shape index (κ3) is 4.68. The molecule has 32 heavy (non-hydrogen) atoms. The van der Waals surface area contributed by atoms with Gasteiger partial charge in [0.05, 0.1) is 10.6 Å². The van der Waals surface area contributed by atoms with Gasteiger partial charge in [0.2, 0.25) is 5.95 Å². The van der Waals surface area contributed by atoms with Crippen LogP contribution in [0.1, 0.15) is 21.5 Å². The maximum atomic E-state index is 12.8. The number of carbonyl (C=O) groups excluding carboxylic acids is 1. The first-order valence-corrected chi connectivity index (χ1v) is 11.3. The molecule has 1 aromatic heterocycles. The number of benzene rings is 3. The molecule has 0 aliphatic rings. The van der Waals surface area contributed by atoms with Crippen LogP contribution in [-0.2, 0) is 10.0 Å². The minimum Gasteiger partial charge on any atom is -0.290 e. The fourth-order valence-electron chi connectivity index (χ4n) is 2.96. The van der Waals surface area contributed by atoms with E-state index in [4.69, 9.17) is 0 Å². The van der Waals surface area contributed by atoms with Crippen molar-refractivity contribution in [2.24, 2.45) is 0 Å². The Hall–Kier alpha value is -3.98. The summed E-state index contributed by atoms with van der Waals surface area (Å²) in [7, 11) is -3.90. The molecule has 9 heteroatoms. The molecule has 4 aromatic rings. The molecule has 0 spiro atoms. The van der Waals surface area contributed by atoms with E-state index in [0.717, 1.165) is 11.1 Å². The van der Waals surface area contributed by atoms with Gasteiger partial charge >= 0.3 is 0 Å². The lowest BCUT2D eigenvalue weighted by atomic mass is 10.1. The number of sulfonamides is 1. The Bertz CT molecular complexity index is 1350. The Morgan fingerprint density at radius 1 is 0.844 bits per heavy atom. The van der Waals surface area contributed by atoms with Crippen LogP contribution in [0, 0.1) is 13.8 Å². The molecule has 0 bridgehead atoms. The number of nitrogens with one attached hydrogen (secondary N) is 2. The van der Waals surface area contributed by atoms with Crippen LogP contribution >= 0.6 is 0 Å². The van der Waals surface area contributed by atoms with Gasteiger partial charge in [-0.15, -0.1) is 5.10 Å². The number of rotatable bonds is 6. The van der Waals surface area contributed by atoms with Crippen molar-refractivity contribution in [3.63, 3.8) is 0 Å². The number of amides is 1. The van der Waals surface area contributed by atoms with E-state index in [9.17, 15) is 13.2 Å². The fraction of sp³-hybridized carbons (Fsp3) is 0.0870. The maximum Gasteiger partial charge on any atom is 0.264 e. The molecule has 0 atom stereocenters. The molecule has 0 fully saturated rings. The first-order chi connectivity index (χ1) is 15.3. The highest BCUT2D eigenvalue weighted by Gasteiger charge is 2.20. The van der Waals surface area contributed by atoms with Crippen molar-refractivity contribution in [2.45, 2.75) is 18.7 Å². The summed E-state index contributed by atoms with van der Waals surface area (Å²) in [4.78, 5) is 17.0. The maximum absolute atomic E-state index is 12.8. The molecule has 0 aliphatic carbocycles. The normalized spacial score (nSPS) is 11.2. The van der Waals surface area contributed by atoms with E-state index in [0.29, 0.717) is 11.3 Å². The second kappa shape index (κ2) is 8.64. The Labute approximate surface area is 186 Å². The Morgan fingerprint density at radius 3 is 2.06 bits per heavy atom. The van der Waals surface area contributed by atoms with Crippen LogP contribution in [0.4, 0.5) is 11.9 Å². The Morgan fingerprint density at radius 2 is 1.44 bits per heavy atom. The van der Waals surface area contributed by atoms with Crippen LogP contribution in [0.5, 0.6) is 0 Å². The topological polar surface area (TPSA) is 106 Å². The highest BCUT2D eigenvalue weighted by Crippen LogP contribution is 2.20. The predicted molar refractivity (Wildman–Crippen MR) is 122 cm³/mol. The first kappa shape index (κ1) is 21.3. The van der Waals surface area contributed by atoms with Gasteiger partial charge in [-0.25, -0.2) is 13.1 Å². The lowest BCUT2D eigenvalue weighted by Gasteiger charge is -2.07. The molecule has 0 saturated heterocycles. The smallest absolute Gasteiger partial charge is 0.264 e. The number of anilines is 2. The molecule has 0 unspecified atom stereocenters. The summed E-state index contributed by atoms with van der Waals surface area (Å²) in [5, 5.41) is 6.98. The van der Waals surface area contributed by atoms with Gasteiger partial charge in [-0.3, -0.25) is 10.1 Å². The highest BCUT2D eigenvalue weighted by atomic mass is 32.2. The largest absolute Gasteiger partial charge is 0.290 e. The van der Waals surface area contributed by atoms with E-state index in [1.54, 1.807) is 48.5 Å². The van der Waals surface area contributed by atoms with Crippen molar-refractivity contribution in [1.82, 2.24) is 14.8 Å². The zero-order valence-corrected chi connectivity index (χ0v) is 18.3. The van der Waals surface area contributed by atoms with Crippen molar-refractivity contribution in [2.75, 3.05) is 10.0 Å². The standard InChI is InChI=1S/C23H21N5O3S/c1-16-8-12-18(13-9-16)21(29)24-23-25-22(26-28(23)19-6-4-3-5-7-19)27-32(30,31)20-14-10-17(2)11-15-20/h3-15H,1-2H3,(H2,24,25,26,27,29). The summed E-state index contributed by atoms with van der Waals surface area (Å²) in [6, 6.07) is 22.5. The molecule has 4 rings (SSSR count). The van der Waals surface area contributed by atoms with Gasteiger partial charge in [0, 0.05) is 5.56 Å². The molecule has 0 aliphatic heterocycles. The molecule has 0 radical (unpaired) electrons. The summed E-state index contributed by atoms with van der Waals surface area (Å²) in [5.74, 6) is -0.459. The van der Waals surface area contributed by atoms with Crippen LogP contribution in [0.3, 0.4) is 0 Å². The summed E-state index contributed by atoms with van der Waals surface area (Å²) in [6.45, 7) is 3.80. The van der Waals surface area contributed by atoms with Crippen LogP contribution in [0.2, 0.25) is 0 Å². The van der Waals surface area contributed by atoms with Gasteiger partial charge in [0.15, 0.2) is 0 Å². The second-order valence-electron chi connectivity index (χ2n) is 7.25. The predicted octanol–water partition coefficient (Wildman–Crippen LogP) is 3.94. The minimum atomic E-state index is -3.90. The van der Waals surface area contributed by atoms with E-state index in [2.05, 4.69) is 20.1 Å². The van der Waals surface area contributed by atoms with E-state index in [1.165, 1.54) is 16.8 Å². The average Bonchev–Trinajstić information content (AvgIpc) is 3.16. The van der Waals surface area contributed by atoms with E-state index in [1.807, 2.05) is 32.0 Å². The monoisotopic (exact) mass is 447 g/mol. The van der Waals surface area contributed by atoms with Crippen LogP contribution in [0.25, 0.3) is 5.69 Å². The quantitative estimate of drug-likeness (QED) is 0.466. The van der Waals surface area contributed by atoms with Gasteiger partial charge in [0.1, 0.15) is 0 Å². The number of carbonyl (C=O) groups is 1. The third-order valence-corrected chi connectivity index (χ3v) is 6.05. The van der Waals surface area contributed by atoms with Gasteiger partial charge in [-0.05, 0) is 50.2 Å². The van der Waals surface area contributed by atoms with E-state index < -0.39 is 10.0 Å². The molecular formula is C23H21N5O3S. The van der Waals surface area contributed by atoms with Crippen LogP contribution in [0.15, 0.2) is 83.8 Å². The SMILES string of the molecule is Cc1ccc(C(=O)Nc2nc(NS(=O)(=O)c3ccc(C)cc3)nn2-c2ccccc2)cc1. The van der Waals surface area contributed by atoms with Crippen LogP contribution < -0.4 is 10.0 Å². The number of aryl methyl sites for hydroxylation is 2. The molecule has 8 nitrogen and oxygen atoms in total. The number of para-hydroxylation sites is 1. The first-order valence-electron chi connectivity index (χ1n) is 9.82. The summed E-state index contributed by atoms with van der Waals surface area (Å²) in [6.07, 6.45) is 0. The minimum absolute atomic E-state index is 0.0865. The van der Waals surface area contributed by atoms with Gasteiger partial charge in [-0.1, -0.05) is 53.6 Å². The molecule has 3 aromatic carbocycles. The lowest BCUT2D eigenvalue weighted by Crippen LogP contribution is -2.16. The summed E-state index contributed by atoms with van der Waals surface area (Å²) < 4.78 is 29.3. The number of hydrogen-bond donors (Lipinski definition) is 2. The van der Waals surface area contributed by atoms with Gasteiger partial charge in [-0.2, -0.15) is 9.67 Å². The van der Waals surface area contributed by atoms with Gasteiger partial charge in [0.25, 0.3) is 21.9 Å². The summed E-state index contributed by atoms with van der Waals surface area (Å²) >= 11 is 0. The molecule has 1 amide bonds. The Balaban J connectivity index is 1.67. The molecule has 2 N–H and O–H groups in total. The van der Waals surface area contributed by atoms with Crippen molar-refractivity contribution in [1.29, 1.82) is 0 Å². The number of nitrogens with zero attached hydrogens (tertiary/aromatic N) is 3. The van der Waals surface area contributed by atoms with Crippen molar-refractivity contribution in [3.05, 3.63) is 95.6 Å². The molecule has 162 valence electrons. The third-order valence-electron chi connectivity index (χ3n) is 4.70. The second-order valence-corrected chi connectivity index (χ2v) is 8.93. The Kier molecular flexibility index (Phi) is 5.74. The lowest BCUT2D eigenvalue weighted by molar-refractivity contribution is 0.102. The number of hydrogen-bond acceptors (Lipinski definition) is 5. The molecule has 0 saturated carbocycles. The van der Waals surface area contributed by atoms with E-state index in [-0.39, 0.29) is 22.7 Å². The van der Waals surface area contributed by atoms with Crippen molar-refractivity contribution < 1.29 is 13.2 Å².